The molecule has 0 saturated heterocycles. The van der Waals surface area contributed by atoms with E-state index >= 15 is 0 Å². The Morgan fingerprint density at radius 2 is 1.55 bits per heavy atom. The van der Waals surface area contributed by atoms with Gasteiger partial charge in [-0.15, -0.1) is 0 Å². The monoisotopic (exact) mass is 282 g/mol. The molecule has 0 radical (unpaired) electrons. The van der Waals surface area contributed by atoms with Crippen molar-refractivity contribution >= 4 is 11.8 Å². The summed E-state index contributed by atoms with van der Waals surface area (Å²) in [6.07, 6.45) is -0.297. The first-order chi connectivity index (χ1) is 9.58. The van der Waals surface area contributed by atoms with Crippen LogP contribution < -0.4 is 14.2 Å². The van der Waals surface area contributed by atoms with Crippen molar-refractivity contribution in [3.05, 3.63) is 18.2 Å². The predicted octanol–water partition coefficient (Wildman–Crippen LogP) is 1.60. The highest BCUT2D eigenvalue weighted by molar-refractivity contribution is 5.96. The number of ketones is 1. The van der Waals surface area contributed by atoms with E-state index in [0.29, 0.717) is 17.2 Å². The van der Waals surface area contributed by atoms with Crippen LogP contribution in [-0.2, 0) is 14.3 Å². The minimum absolute atomic E-state index is 0.213. The van der Waals surface area contributed by atoms with Crippen LogP contribution in [0.25, 0.3) is 0 Å². The molecule has 0 amide bonds. The Balaban J connectivity index is 2.56. The van der Waals surface area contributed by atoms with Gasteiger partial charge in [0.25, 0.3) is 0 Å². The number of Topliss-reactive ketones (excluding diaryl/α,β-unsaturated/α-hetero) is 1. The van der Waals surface area contributed by atoms with Gasteiger partial charge < -0.3 is 18.9 Å². The first-order valence-electron chi connectivity index (χ1n) is 6.12. The number of benzene rings is 1. The van der Waals surface area contributed by atoms with Gasteiger partial charge >= 0.3 is 5.97 Å². The van der Waals surface area contributed by atoms with E-state index in [0.717, 1.165) is 0 Å². The summed E-state index contributed by atoms with van der Waals surface area (Å²) in [5, 5.41) is 0. The zero-order valence-electron chi connectivity index (χ0n) is 11.8. The molecule has 0 aromatic heterocycles. The molecule has 0 atom stereocenters. The number of rotatable bonds is 8. The van der Waals surface area contributed by atoms with Gasteiger partial charge in [-0.05, 0) is 6.92 Å². The molecule has 1 rings (SSSR count). The number of carbonyl (C=O) groups is 2. The highest BCUT2D eigenvalue weighted by Crippen LogP contribution is 2.27. The summed E-state index contributed by atoms with van der Waals surface area (Å²) < 4.78 is 20.2. The second-order valence-electron chi connectivity index (χ2n) is 3.86. The van der Waals surface area contributed by atoms with Crippen molar-refractivity contribution in [1.29, 1.82) is 0 Å². The Kier molecular flexibility index (Phi) is 6.36. The lowest BCUT2D eigenvalue weighted by molar-refractivity contribution is -0.145. The van der Waals surface area contributed by atoms with E-state index in [9.17, 15) is 9.59 Å². The van der Waals surface area contributed by atoms with Gasteiger partial charge in [0.1, 0.15) is 30.3 Å². The van der Waals surface area contributed by atoms with Gasteiger partial charge in [0.15, 0.2) is 5.78 Å². The molecule has 0 fully saturated rings. The molecule has 6 heteroatoms. The topological polar surface area (TPSA) is 71.1 Å². The summed E-state index contributed by atoms with van der Waals surface area (Å²) in [4.78, 5) is 22.6. The van der Waals surface area contributed by atoms with Gasteiger partial charge in [-0.25, -0.2) is 0 Å². The number of hydrogen-bond donors (Lipinski definition) is 0. The fraction of sp³-hybridized carbons (Fsp3) is 0.429. The first kappa shape index (κ1) is 15.8. The SMILES string of the molecule is CCOC(=O)CC(=O)COc1cc(OC)cc(OC)c1. The zero-order chi connectivity index (χ0) is 15.0. The molecule has 0 unspecified atom stereocenters. The lowest BCUT2D eigenvalue weighted by Gasteiger charge is -2.09. The molecular weight excluding hydrogens is 264 g/mol. The number of methoxy groups -OCH3 is 2. The average molecular weight is 282 g/mol. The van der Waals surface area contributed by atoms with Crippen molar-refractivity contribution in [2.75, 3.05) is 27.4 Å². The van der Waals surface area contributed by atoms with Crippen molar-refractivity contribution in [1.82, 2.24) is 0 Å². The first-order valence-corrected chi connectivity index (χ1v) is 6.12. The highest BCUT2D eigenvalue weighted by Gasteiger charge is 2.11. The second kappa shape index (κ2) is 8.04. The molecule has 0 bridgehead atoms. The molecule has 0 saturated carbocycles. The second-order valence-corrected chi connectivity index (χ2v) is 3.86. The van der Waals surface area contributed by atoms with Crippen LogP contribution >= 0.6 is 0 Å². The number of ether oxygens (including phenoxy) is 4. The maximum absolute atomic E-state index is 11.5. The minimum Gasteiger partial charge on any atom is -0.496 e. The van der Waals surface area contributed by atoms with Gasteiger partial charge in [-0.1, -0.05) is 0 Å². The number of esters is 1. The molecule has 0 spiro atoms. The van der Waals surface area contributed by atoms with E-state index in [2.05, 4.69) is 4.74 Å². The maximum Gasteiger partial charge on any atom is 0.313 e. The normalized spacial score (nSPS) is 9.75. The third-order valence-corrected chi connectivity index (χ3v) is 2.37. The highest BCUT2D eigenvalue weighted by atomic mass is 16.5. The Hall–Kier alpha value is -2.24. The molecule has 6 nitrogen and oxygen atoms in total. The maximum atomic E-state index is 11.5. The Morgan fingerprint density at radius 1 is 1.00 bits per heavy atom. The molecule has 0 heterocycles. The molecule has 110 valence electrons. The van der Waals surface area contributed by atoms with Crippen molar-refractivity contribution in [2.24, 2.45) is 0 Å². The van der Waals surface area contributed by atoms with E-state index in [-0.39, 0.29) is 25.4 Å². The fourth-order valence-electron chi connectivity index (χ4n) is 1.45. The molecule has 0 aliphatic rings. The molecule has 1 aromatic rings. The van der Waals surface area contributed by atoms with E-state index in [1.807, 2.05) is 0 Å². The Labute approximate surface area is 117 Å². The largest absolute Gasteiger partial charge is 0.496 e. The zero-order valence-corrected chi connectivity index (χ0v) is 11.8. The van der Waals surface area contributed by atoms with Crippen LogP contribution in [0.4, 0.5) is 0 Å². The number of hydrogen-bond acceptors (Lipinski definition) is 6. The summed E-state index contributed by atoms with van der Waals surface area (Å²) in [6.45, 7) is 1.72. The van der Waals surface area contributed by atoms with Crippen molar-refractivity contribution in [3.63, 3.8) is 0 Å². The van der Waals surface area contributed by atoms with Gasteiger partial charge in [0, 0.05) is 18.2 Å². The van der Waals surface area contributed by atoms with Crippen LogP contribution in [0.1, 0.15) is 13.3 Å². The molecular formula is C14H18O6. The Morgan fingerprint density at radius 3 is 2.05 bits per heavy atom. The van der Waals surface area contributed by atoms with E-state index < -0.39 is 5.97 Å². The lowest BCUT2D eigenvalue weighted by Crippen LogP contribution is -2.17. The van der Waals surface area contributed by atoms with Crippen molar-refractivity contribution < 1.29 is 28.5 Å². The van der Waals surface area contributed by atoms with E-state index in [4.69, 9.17) is 14.2 Å². The van der Waals surface area contributed by atoms with E-state index in [1.54, 1.807) is 25.1 Å². The molecule has 0 N–H and O–H groups in total. The standard InChI is InChI=1S/C14H18O6/c1-4-19-14(16)5-10(15)9-20-13-7-11(17-2)6-12(8-13)18-3/h6-8H,4-5,9H2,1-3H3. The van der Waals surface area contributed by atoms with Crippen LogP contribution in [0, 0.1) is 0 Å². The molecule has 0 aliphatic heterocycles. The van der Waals surface area contributed by atoms with Crippen LogP contribution in [-0.4, -0.2) is 39.2 Å². The predicted molar refractivity (Wildman–Crippen MR) is 71.3 cm³/mol. The van der Waals surface area contributed by atoms with Crippen LogP contribution in [0.3, 0.4) is 0 Å². The summed E-state index contributed by atoms with van der Waals surface area (Å²) >= 11 is 0. The summed E-state index contributed by atoms with van der Waals surface area (Å²) in [7, 11) is 3.04. The van der Waals surface area contributed by atoms with Crippen molar-refractivity contribution in [3.8, 4) is 17.2 Å². The Bertz CT molecular complexity index is 446. The van der Waals surface area contributed by atoms with Crippen LogP contribution in [0.2, 0.25) is 0 Å². The summed E-state index contributed by atoms with van der Waals surface area (Å²) in [6, 6.07) is 4.94. The summed E-state index contributed by atoms with van der Waals surface area (Å²) in [5.41, 5.74) is 0. The van der Waals surface area contributed by atoms with Gasteiger partial charge in [0.05, 0.1) is 20.8 Å². The fourth-order valence-corrected chi connectivity index (χ4v) is 1.45. The molecule has 1 aromatic carbocycles. The quantitative estimate of drug-likeness (QED) is 0.533. The smallest absolute Gasteiger partial charge is 0.313 e. The number of carbonyl (C=O) groups excluding carboxylic acids is 2. The third kappa shape index (κ3) is 5.17. The summed E-state index contributed by atoms with van der Waals surface area (Å²) in [5.74, 6) is 0.627. The molecule has 20 heavy (non-hydrogen) atoms. The average Bonchev–Trinajstić information content (AvgIpc) is 2.44. The lowest BCUT2D eigenvalue weighted by atomic mass is 10.3. The van der Waals surface area contributed by atoms with Gasteiger partial charge in [-0.3, -0.25) is 9.59 Å². The van der Waals surface area contributed by atoms with E-state index in [1.165, 1.54) is 14.2 Å². The van der Waals surface area contributed by atoms with Crippen LogP contribution in [0.5, 0.6) is 17.2 Å². The van der Waals surface area contributed by atoms with Gasteiger partial charge in [-0.2, -0.15) is 0 Å². The minimum atomic E-state index is -0.552. The van der Waals surface area contributed by atoms with Crippen LogP contribution in [0.15, 0.2) is 18.2 Å². The third-order valence-electron chi connectivity index (χ3n) is 2.37. The van der Waals surface area contributed by atoms with Gasteiger partial charge in [0.2, 0.25) is 0 Å². The van der Waals surface area contributed by atoms with Crippen molar-refractivity contribution in [2.45, 2.75) is 13.3 Å². The molecule has 0 aliphatic carbocycles.